The molecule has 0 aromatic heterocycles. The second-order valence-corrected chi connectivity index (χ2v) is 11.3. The van der Waals surface area contributed by atoms with Crippen molar-refractivity contribution in [3.05, 3.63) is 0 Å². The zero-order valence-corrected chi connectivity index (χ0v) is 12.7. The minimum Gasteiger partial charge on any atom is -0.188 e. The maximum Gasteiger partial charge on any atom is 0.0185 e. The molecule has 0 amide bonds. The Morgan fingerprint density at radius 3 is 1.50 bits per heavy atom. The van der Waals surface area contributed by atoms with Gasteiger partial charge in [-0.2, -0.15) is 3.89 Å². The smallest absolute Gasteiger partial charge is 0.0185 e. The summed E-state index contributed by atoms with van der Waals surface area (Å²) in [6.07, 6.45) is 5.99. The van der Waals surface area contributed by atoms with Crippen LogP contribution in [-0.4, -0.2) is 14.7 Å². The van der Waals surface area contributed by atoms with E-state index in [0.29, 0.717) is 5.25 Å². The van der Waals surface area contributed by atoms with Crippen molar-refractivity contribution in [3.8, 4) is 0 Å². The van der Waals surface area contributed by atoms with Gasteiger partial charge in [0.15, 0.2) is 0 Å². The molecule has 0 aromatic rings. The van der Waals surface area contributed by atoms with Crippen LogP contribution in [0.4, 0.5) is 3.89 Å². The molecule has 0 bridgehead atoms. The molecule has 98 valence electrons. The third kappa shape index (κ3) is 2.42. The van der Waals surface area contributed by atoms with E-state index in [-0.39, 0.29) is 9.49 Å². The Morgan fingerprint density at radius 1 is 0.812 bits per heavy atom. The number of halogens is 1. The predicted octanol–water partition coefficient (Wildman–Crippen LogP) is 5.61. The van der Waals surface area contributed by atoms with E-state index >= 15 is 3.89 Å². The topological polar surface area (TPSA) is 0 Å². The van der Waals surface area contributed by atoms with E-state index in [1.54, 1.807) is 0 Å². The van der Waals surface area contributed by atoms with E-state index in [4.69, 9.17) is 0 Å². The number of rotatable bonds is 1. The molecule has 0 heterocycles. The van der Waals surface area contributed by atoms with Gasteiger partial charge in [0.1, 0.15) is 0 Å². The zero-order chi connectivity index (χ0) is 12.6. The largest absolute Gasteiger partial charge is 0.188 e. The molecule has 0 radical (unpaired) electrons. The first-order valence-electron chi connectivity index (χ1n) is 6.61. The van der Waals surface area contributed by atoms with Crippen molar-refractivity contribution in [2.24, 2.45) is 0 Å². The third-order valence-corrected chi connectivity index (χ3v) is 8.75. The quantitative estimate of drug-likeness (QED) is 0.566. The molecular formula is C14H29FS. The Hall–Kier alpha value is 0.280. The van der Waals surface area contributed by atoms with Crippen molar-refractivity contribution in [2.75, 3.05) is 0 Å². The summed E-state index contributed by atoms with van der Waals surface area (Å²) in [5.41, 5.74) is 0. The monoisotopic (exact) mass is 248 g/mol. The molecule has 1 saturated carbocycles. The summed E-state index contributed by atoms with van der Waals surface area (Å²) in [6, 6.07) is 0. The molecule has 0 nitrogen and oxygen atoms in total. The zero-order valence-electron chi connectivity index (χ0n) is 11.9. The minimum absolute atomic E-state index is 0.187. The number of hydrogen-bond donors (Lipinski definition) is 0. The molecule has 2 heteroatoms. The third-order valence-electron chi connectivity index (χ3n) is 3.79. The fourth-order valence-electron chi connectivity index (χ4n) is 3.31. The molecule has 1 rings (SSSR count). The van der Waals surface area contributed by atoms with Gasteiger partial charge in [-0.15, -0.1) is 0 Å². The standard InChI is InChI=1S/C14H29FS/c1-13(2,3)16(15,14(4,5)6)12-10-8-7-9-11-12/h12H,7-11H2,1-6H3. The van der Waals surface area contributed by atoms with Gasteiger partial charge in [0.2, 0.25) is 0 Å². The molecule has 1 aliphatic carbocycles. The summed E-state index contributed by atoms with van der Waals surface area (Å²) in [4.78, 5) is 0. The van der Waals surface area contributed by atoms with Gasteiger partial charge in [-0.1, -0.05) is 71.2 Å². The van der Waals surface area contributed by atoms with Gasteiger partial charge in [-0.05, 0) is 12.8 Å². The average molecular weight is 248 g/mol. The highest BCUT2D eigenvalue weighted by molar-refractivity contribution is 8.32. The van der Waals surface area contributed by atoms with E-state index in [9.17, 15) is 0 Å². The second-order valence-electron chi connectivity index (χ2n) is 7.07. The SMILES string of the molecule is CC(C)(C)S(F)(C1CCCCC1)C(C)(C)C. The van der Waals surface area contributed by atoms with Crippen LogP contribution in [0.5, 0.6) is 0 Å². The average Bonchev–Trinajstić information content (AvgIpc) is 2.14. The Labute approximate surface area is 103 Å². The van der Waals surface area contributed by atoms with Gasteiger partial charge in [-0.3, -0.25) is 0 Å². The molecule has 0 aromatic carbocycles. The Morgan fingerprint density at radius 2 is 1.19 bits per heavy atom. The van der Waals surface area contributed by atoms with E-state index in [0.717, 1.165) is 12.8 Å². The highest BCUT2D eigenvalue weighted by atomic mass is 32.3. The molecule has 0 saturated heterocycles. The molecule has 0 N–H and O–H groups in total. The van der Waals surface area contributed by atoms with Crippen molar-refractivity contribution < 1.29 is 3.89 Å². The molecular weight excluding hydrogens is 219 g/mol. The lowest BCUT2D eigenvalue weighted by Gasteiger charge is -2.57. The molecule has 0 atom stereocenters. The normalized spacial score (nSPS) is 22.2. The minimum atomic E-state index is -2.07. The summed E-state index contributed by atoms with van der Waals surface area (Å²) in [5.74, 6) is 0. The maximum atomic E-state index is 15.8. The van der Waals surface area contributed by atoms with Gasteiger partial charge in [-0.25, -0.2) is 0 Å². The highest BCUT2D eigenvalue weighted by Gasteiger charge is 2.51. The van der Waals surface area contributed by atoms with Crippen LogP contribution in [0.3, 0.4) is 0 Å². The van der Waals surface area contributed by atoms with Crippen molar-refractivity contribution >= 4 is 10.4 Å². The highest BCUT2D eigenvalue weighted by Crippen LogP contribution is 2.73. The van der Waals surface area contributed by atoms with E-state index in [1.165, 1.54) is 19.3 Å². The van der Waals surface area contributed by atoms with Crippen LogP contribution in [0.25, 0.3) is 0 Å². The Kier molecular flexibility index (Phi) is 4.04. The van der Waals surface area contributed by atoms with Crippen molar-refractivity contribution in [1.29, 1.82) is 0 Å². The van der Waals surface area contributed by atoms with Gasteiger partial charge < -0.3 is 0 Å². The Bertz CT molecular complexity index is 214. The lowest BCUT2D eigenvalue weighted by atomic mass is 10.0. The first-order chi connectivity index (χ1) is 7.11. The number of hydrogen-bond acceptors (Lipinski definition) is 0. The first-order valence-corrected chi connectivity index (χ1v) is 8.21. The van der Waals surface area contributed by atoms with Crippen LogP contribution in [0.1, 0.15) is 73.6 Å². The predicted molar refractivity (Wildman–Crippen MR) is 75.1 cm³/mol. The van der Waals surface area contributed by atoms with Gasteiger partial charge in [0.25, 0.3) is 0 Å². The summed E-state index contributed by atoms with van der Waals surface area (Å²) in [6.45, 7) is 12.6. The summed E-state index contributed by atoms with van der Waals surface area (Å²) in [7, 11) is -2.07. The molecule has 1 aliphatic rings. The van der Waals surface area contributed by atoms with Gasteiger partial charge in [0, 0.05) is 14.7 Å². The van der Waals surface area contributed by atoms with Gasteiger partial charge >= 0.3 is 0 Å². The van der Waals surface area contributed by atoms with Crippen LogP contribution < -0.4 is 0 Å². The Balaban J connectivity index is 3.04. The molecule has 1 fully saturated rings. The van der Waals surface area contributed by atoms with Crippen molar-refractivity contribution in [2.45, 2.75) is 88.4 Å². The van der Waals surface area contributed by atoms with E-state index < -0.39 is 10.4 Å². The lowest BCUT2D eigenvalue weighted by Crippen LogP contribution is -2.42. The van der Waals surface area contributed by atoms with Crippen molar-refractivity contribution in [3.63, 3.8) is 0 Å². The van der Waals surface area contributed by atoms with E-state index in [1.807, 2.05) is 0 Å². The molecule has 0 aliphatic heterocycles. The molecule has 0 unspecified atom stereocenters. The molecule has 16 heavy (non-hydrogen) atoms. The van der Waals surface area contributed by atoms with Crippen LogP contribution in [0, 0.1) is 0 Å². The van der Waals surface area contributed by atoms with Crippen molar-refractivity contribution in [1.82, 2.24) is 0 Å². The summed E-state index contributed by atoms with van der Waals surface area (Å²) >= 11 is 0. The van der Waals surface area contributed by atoms with Crippen LogP contribution in [-0.2, 0) is 0 Å². The lowest BCUT2D eigenvalue weighted by molar-refractivity contribution is 0.483. The summed E-state index contributed by atoms with van der Waals surface area (Å²) in [5, 5.41) is 0.334. The van der Waals surface area contributed by atoms with Crippen LogP contribution in [0.2, 0.25) is 0 Å². The fourth-order valence-corrected chi connectivity index (χ4v) is 8.13. The van der Waals surface area contributed by atoms with E-state index in [2.05, 4.69) is 41.5 Å². The van der Waals surface area contributed by atoms with Gasteiger partial charge in [0.05, 0.1) is 0 Å². The second kappa shape index (κ2) is 4.51. The molecule has 0 spiro atoms. The van der Waals surface area contributed by atoms with Crippen LogP contribution >= 0.6 is 10.4 Å². The van der Waals surface area contributed by atoms with Crippen LogP contribution in [0.15, 0.2) is 0 Å². The maximum absolute atomic E-state index is 15.8. The first kappa shape index (κ1) is 14.3. The fraction of sp³-hybridized carbons (Fsp3) is 1.00. The summed E-state index contributed by atoms with van der Waals surface area (Å²) < 4.78 is 15.4.